The maximum atomic E-state index is 13.7. The second-order valence-corrected chi connectivity index (χ2v) is 22.0. The Hall–Kier alpha value is -5.90. The number of aliphatic hydroxyl groups excluding tert-OH is 2. The number of benzene rings is 6. The first-order valence-corrected chi connectivity index (χ1v) is 29.6. The summed E-state index contributed by atoms with van der Waals surface area (Å²) in [7, 11) is 1.36. The standard InChI is InChI=1S/C14H15BrF4O2.2C13H16F2O2.C12H6F4O.C7H6F2O.C6H14O2/c1-2-3-8-6-20-13(21-7-8)9-4-10(16)12(11(17)5-9)14(15,18)19;2*1-2-3-9-7-16-13(17-8-9)10-4-11(14)6-12(15)5-10;13-8-2-1-6(3-9(8)14)12-10(15)4-7(17)5-11(12)16;1-10-7-3-5(8)2-6(9)4-7;1-2-3-6(4-7)5-8/h4-5,8,13H,2-3,6-7H2,1H3;2*4-6,9,13H,2-3,7-8H2,1H3;1-5,17H;2-4H,1H3;6-8H,2-5H2,1H3. The van der Waals surface area contributed by atoms with Crippen LogP contribution in [0.1, 0.15) is 120 Å². The van der Waals surface area contributed by atoms with Crippen molar-refractivity contribution < 1.29 is 110 Å². The van der Waals surface area contributed by atoms with Crippen molar-refractivity contribution in [3.8, 4) is 22.6 Å². The Morgan fingerprint density at radius 2 is 0.800 bits per heavy atom. The van der Waals surface area contributed by atoms with Crippen LogP contribution in [0.25, 0.3) is 11.1 Å². The number of phenols is 1. The van der Waals surface area contributed by atoms with Gasteiger partial charge < -0.3 is 48.5 Å². The highest BCUT2D eigenvalue weighted by Crippen LogP contribution is 2.40. The van der Waals surface area contributed by atoms with Crippen LogP contribution in [-0.4, -0.2) is 75.3 Å². The Morgan fingerprint density at radius 3 is 1.09 bits per heavy atom. The van der Waals surface area contributed by atoms with Crippen molar-refractivity contribution in [2.75, 3.05) is 60.0 Å². The topological polar surface area (TPSA) is 125 Å². The third-order valence-corrected chi connectivity index (χ3v) is 13.8. The average molecular weight is 1360 g/mol. The molecule has 0 bridgehead atoms. The molecule has 498 valence electrons. The van der Waals surface area contributed by atoms with Crippen molar-refractivity contribution in [1.29, 1.82) is 0 Å². The highest BCUT2D eigenvalue weighted by molar-refractivity contribution is 9.09. The molecule has 0 aliphatic carbocycles. The summed E-state index contributed by atoms with van der Waals surface area (Å²) >= 11 is 1.96. The highest BCUT2D eigenvalue weighted by atomic mass is 79.9. The van der Waals surface area contributed by atoms with Gasteiger partial charge in [-0.3, -0.25) is 0 Å². The number of halogens is 15. The molecule has 3 aliphatic rings. The minimum Gasteiger partial charge on any atom is -0.508 e. The molecule has 0 amide bonds. The van der Waals surface area contributed by atoms with Crippen LogP contribution in [0.5, 0.6) is 11.5 Å². The lowest BCUT2D eigenvalue weighted by Crippen LogP contribution is -2.27. The third-order valence-electron chi connectivity index (χ3n) is 13.4. The molecule has 3 aliphatic heterocycles. The maximum absolute atomic E-state index is 13.7. The smallest absolute Gasteiger partial charge is 0.332 e. The summed E-state index contributed by atoms with van der Waals surface area (Å²) in [6.45, 7) is 11.7. The maximum Gasteiger partial charge on any atom is 0.332 e. The van der Waals surface area contributed by atoms with E-state index in [0.29, 0.717) is 80.8 Å². The number of aromatic hydroxyl groups is 1. The predicted molar refractivity (Wildman–Crippen MR) is 310 cm³/mol. The lowest BCUT2D eigenvalue weighted by atomic mass is 10.0. The van der Waals surface area contributed by atoms with Gasteiger partial charge in [-0.2, -0.15) is 8.78 Å². The molecule has 25 heteroatoms. The Kier molecular flexibility index (Phi) is 33.0. The van der Waals surface area contributed by atoms with E-state index in [1.165, 1.54) is 31.4 Å². The number of aliphatic hydroxyl groups is 2. The second-order valence-electron chi connectivity index (χ2n) is 21.0. The quantitative estimate of drug-likeness (QED) is 0.0637. The molecule has 6 aromatic carbocycles. The molecule has 0 radical (unpaired) electrons. The van der Waals surface area contributed by atoms with E-state index in [2.05, 4.69) is 18.6 Å². The van der Waals surface area contributed by atoms with Crippen LogP contribution in [0.3, 0.4) is 0 Å². The summed E-state index contributed by atoms with van der Waals surface area (Å²) in [6.07, 6.45) is 5.91. The van der Waals surface area contributed by atoms with E-state index >= 15 is 0 Å². The average Bonchev–Trinajstić information content (AvgIpc) is 1.22. The van der Waals surface area contributed by atoms with E-state index in [1.54, 1.807) is 0 Å². The number of rotatable bonds is 16. The van der Waals surface area contributed by atoms with Gasteiger partial charge in [0.25, 0.3) is 0 Å². The van der Waals surface area contributed by atoms with Crippen LogP contribution in [0.2, 0.25) is 0 Å². The van der Waals surface area contributed by atoms with Crippen LogP contribution in [-0.2, 0) is 33.3 Å². The van der Waals surface area contributed by atoms with E-state index in [0.717, 1.165) is 106 Å². The van der Waals surface area contributed by atoms with Crippen LogP contribution >= 0.6 is 15.9 Å². The second kappa shape index (κ2) is 38.8. The van der Waals surface area contributed by atoms with Gasteiger partial charge in [-0.1, -0.05) is 59.4 Å². The molecule has 3 fully saturated rings. The lowest BCUT2D eigenvalue weighted by molar-refractivity contribution is -0.206. The zero-order valence-electron chi connectivity index (χ0n) is 50.0. The summed E-state index contributed by atoms with van der Waals surface area (Å²) < 4.78 is 220. The fourth-order valence-corrected chi connectivity index (χ4v) is 9.51. The molecule has 6 aromatic rings. The molecule has 10 nitrogen and oxygen atoms in total. The predicted octanol–water partition coefficient (Wildman–Crippen LogP) is 17.7. The van der Waals surface area contributed by atoms with Crippen molar-refractivity contribution in [2.45, 2.75) is 103 Å². The fourth-order valence-electron chi connectivity index (χ4n) is 9.14. The molecule has 0 spiro atoms. The molecule has 0 saturated carbocycles. The number of methoxy groups -OCH3 is 1. The third kappa shape index (κ3) is 25.6. The summed E-state index contributed by atoms with van der Waals surface area (Å²) in [5.74, 6) is -10.0. The molecule has 0 aromatic heterocycles. The number of alkyl halides is 3. The van der Waals surface area contributed by atoms with E-state index in [1.807, 2.05) is 29.8 Å². The van der Waals surface area contributed by atoms with E-state index in [4.69, 9.17) is 43.7 Å². The van der Waals surface area contributed by atoms with Crippen molar-refractivity contribution in [1.82, 2.24) is 0 Å². The Labute approximate surface area is 522 Å². The molecule has 3 heterocycles. The van der Waals surface area contributed by atoms with E-state index in [-0.39, 0.29) is 41.9 Å². The van der Waals surface area contributed by atoms with Crippen molar-refractivity contribution in [3.05, 3.63) is 189 Å². The zero-order valence-corrected chi connectivity index (χ0v) is 51.5. The number of phenolic OH excluding ortho intramolecular Hbond substituents is 1. The molecule has 3 N–H and O–H groups in total. The van der Waals surface area contributed by atoms with Gasteiger partial charge in [-0.15, -0.1) is 0 Å². The molecular formula is C65H73BrF14O10. The Bertz CT molecular complexity index is 2920. The van der Waals surface area contributed by atoms with Gasteiger partial charge in [0.2, 0.25) is 0 Å². The normalized spacial score (nSPS) is 18.8. The zero-order chi connectivity index (χ0) is 66.7. The van der Waals surface area contributed by atoms with E-state index in [9.17, 15) is 61.5 Å². The van der Waals surface area contributed by atoms with Crippen molar-refractivity contribution >= 4 is 15.9 Å². The van der Waals surface area contributed by atoms with Crippen LogP contribution in [0.15, 0.2) is 97.1 Å². The Balaban J connectivity index is 0.000000236. The monoisotopic (exact) mass is 1360 g/mol. The fraction of sp³-hybridized carbons (Fsp3) is 0.446. The molecule has 9 rings (SSSR count). The number of ether oxygens (including phenoxy) is 7. The molecular weight excluding hydrogens is 1290 g/mol. The molecule has 0 unspecified atom stereocenters. The first-order valence-electron chi connectivity index (χ1n) is 28.8. The summed E-state index contributed by atoms with van der Waals surface area (Å²) in [5.41, 5.74) is -1.11. The van der Waals surface area contributed by atoms with Crippen molar-refractivity contribution in [2.24, 2.45) is 23.7 Å². The van der Waals surface area contributed by atoms with E-state index < -0.39 is 110 Å². The molecule has 0 atom stereocenters. The van der Waals surface area contributed by atoms with Gasteiger partial charge in [-0.25, -0.2) is 52.7 Å². The van der Waals surface area contributed by atoms with Gasteiger partial charge >= 0.3 is 4.83 Å². The minimum atomic E-state index is -3.76. The van der Waals surface area contributed by atoms with Gasteiger partial charge in [0.15, 0.2) is 30.5 Å². The molecule has 90 heavy (non-hydrogen) atoms. The summed E-state index contributed by atoms with van der Waals surface area (Å²) in [6, 6.07) is 15.2. The summed E-state index contributed by atoms with van der Waals surface area (Å²) in [4.78, 5) is -3.76. The van der Waals surface area contributed by atoms with Crippen LogP contribution in [0.4, 0.5) is 61.5 Å². The number of hydrogen-bond acceptors (Lipinski definition) is 10. The first-order chi connectivity index (χ1) is 42.7. The van der Waals surface area contributed by atoms with Gasteiger partial charge in [0.05, 0.1) is 52.3 Å². The number of hydrogen-bond donors (Lipinski definition) is 3. The van der Waals surface area contributed by atoms with Crippen LogP contribution in [0, 0.1) is 93.5 Å². The highest BCUT2D eigenvalue weighted by Gasteiger charge is 2.36. The lowest BCUT2D eigenvalue weighted by Gasteiger charge is -2.29. The molecule has 3 saturated heterocycles. The first kappa shape index (κ1) is 76.6. The van der Waals surface area contributed by atoms with Gasteiger partial charge in [0.1, 0.15) is 75.2 Å². The Morgan fingerprint density at radius 1 is 0.456 bits per heavy atom. The summed E-state index contributed by atoms with van der Waals surface area (Å²) in [5, 5.41) is 25.9. The SMILES string of the molecule is CCCC(CO)CO.CCCC1COC(c2cc(F)c(C(F)(F)Br)c(F)c2)OC1.CCCC1COC(c2cc(F)cc(F)c2)OC1.CCCC1COC(c2cc(F)cc(F)c2)OC1.COc1cc(F)cc(F)c1.Oc1cc(F)c(-c2ccc(F)c(F)c2)c(F)c1. The minimum absolute atomic E-state index is 0.0560. The van der Waals surface area contributed by atoms with Gasteiger partial charge in [-0.05, 0) is 95.7 Å². The van der Waals surface area contributed by atoms with Crippen LogP contribution < -0.4 is 4.74 Å². The van der Waals surface area contributed by atoms with Gasteiger partial charge in [0, 0.05) is 96.0 Å². The van der Waals surface area contributed by atoms with Crippen molar-refractivity contribution in [3.63, 3.8) is 0 Å². The largest absolute Gasteiger partial charge is 0.508 e.